The van der Waals surface area contributed by atoms with E-state index < -0.39 is 17.6 Å². The zero-order valence-electron chi connectivity index (χ0n) is 8.38. The first-order valence-electron chi connectivity index (χ1n) is 4.83. The fourth-order valence-corrected chi connectivity index (χ4v) is 1.65. The molecular weight excluding hydrogens is 212 g/mol. The molecule has 0 fully saturated rings. The molecule has 3 heteroatoms. The van der Waals surface area contributed by atoms with Crippen LogP contribution >= 0.6 is 11.6 Å². The molecule has 0 heterocycles. The Morgan fingerprint density at radius 2 is 1.87 bits per heavy atom. The maximum Gasteiger partial charge on any atom is 0.101 e. The highest BCUT2D eigenvalue weighted by atomic mass is 35.5. The van der Waals surface area contributed by atoms with Gasteiger partial charge in [0.25, 0.3) is 0 Å². The molecule has 3 atom stereocenters. The highest BCUT2D eigenvalue weighted by Gasteiger charge is 2.24. The Morgan fingerprint density at radius 3 is 2.40 bits per heavy atom. The third-order valence-corrected chi connectivity index (χ3v) is 2.73. The van der Waals surface area contributed by atoms with Crippen LogP contribution in [0.2, 0.25) is 0 Å². The van der Waals surface area contributed by atoms with Gasteiger partial charge in [0.15, 0.2) is 0 Å². The topological polar surface area (TPSA) is 40.5 Å². The zero-order chi connectivity index (χ0) is 11.3. The number of hydrogen-bond donors (Lipinski definition) is 2. The summed E-state index contributed by atoms with van der Waals surface area (Å²) in [5.41, 5.74) is 0.801. The average molecular weight is 227 g/mol. The molecule has 0 spiro atoms. The molecule has 0 saturated carbocycles. The van der Waals surface area contributed by atoms with Crippen molar-refractivity contribution in [3.05, 3.63) is 48.6 Å². The fourth-order valence-electron chi connectivity index (χ4n) is 1.34. The molecule has 0 amide bonds. The van der Waals surface area contributed by atoms with Crippen molar-refractivity contribution in [2.45, 2.75) is 24.0 Å². The van der Waals surface area contributed by atoms with E-state index >= 15 is 0 Å². The average Bonchev–Trinajstić information content (AvgIpc) is 2.28. The van der Waals surface area contributed by atoms with E-state index in [0.29, 0.717) is 6.42 Å². The first-order chi connectivity index (χ1) is 7.16. The molecule has 82 valence electrons. The third-order valence-electron chi connectivity index (χ3n) is 2.22. The van der Waals surface area contributed by atoms with Crippen LogP contribution in [0.4, 0.5) is 0 Å². The zero-order valence-corrected chi connectivity index (χ0v) is 9.14. The molecule has 1 aromatic carbocycles. The first-order valence-corrected chi connectivity index (χ1v) is 5.26. The summed E-state index contributed by atoms with van der Waals surface area (Å²) in [6.45, 7) is 3.50. The van der Waals surface area contributed by atoms with E-state index in [1.807, 2.05) is 30.3 Å². The third kappa shape index (κ3) is 3.34. The molecule has 15 heavy (non-hydrogen) atoms. The lowest BCUT2D eigenvalue weighted by atomic mass is 10.0. The van der Waals surface area contributed by atoms with Gasteiger partial charge < -0.3 is 10.2 Å². The standard InChI is InChI=1S/C12H15ClO2/c1-2-6-10(14)12(15)11(13)9-7-4-3-5-8-9/h2-5,7-8,10-12,14-15H,1,6H2/t10-,11+,12-/m1/s1. The Morgan fingerprint density at radius 1 is 1.27 bits per heavy atom. The lowest BCUT2D eigenvalue weighted by Gasteiger charge is -2.21. The summed E-state index contributed by atoms with van der Waals surface area (Å²) in [4.78, 5) is 0. The van der Waals surface area contributed by atoms with Crippen LogP contribution in [0.15, 0.2) is 43.0 Å². The molecule has 0 bridgehead atoms. The van der Waals surface area contributed by atoms with Gasteiger partial charge in [0.1, 0.15) is 6.10 Å². The second kappa shape index (κ2) is 5.91. The quantitative estimate of drug-likeness (QED) is 0.597. The number of aliphatic hydroxyl groups excluding tert-OH is 2. The predicted octanol–water partition coefficient (Wildman–Crippen LogP) is 2.26. The molecule has 1 aromatic rings. The molecule has 0 aliphatic rings. The van der Waals surface area contributed by atoms with Crippen molar-refractivity contribution in [2.24, 2.45) is 0 Å². The van der Waals surface area contributed by atoms with Crippen molar-refractivity contribution in [1.29, 1.82) is 0 Å². The van der Waals surface area contributed by atoms with E-state index in [-0.39, 0.29) is 0 Å². The molecular formula is C12H15ClO2. The fraction of sp³-hybridized carbons (Fsp3) is 0.333. The molecule has 0 radical (unpaired) electrons. The van der Waals surface area contributed by atoms with Gasteiger partial charge in [0.2, 0.25) is 0 Å². The lowest BCUT2D eigenvalue weighted by molar-refractivity contribution is 0.0191. The van der Waals surface area contributed by atoms with Crippen LogP contribution in [0, 0.1) is 0 Å². The van der Waals surface area contributed by atoms with E-state index in [9.17, 15) is 10.2 Å². The summed E-state index contributed by atoms with van der Waals surface area (Å²) in [7, 11) is 0. The number of hydrogen-bond acceptors (Lipinski definition) is 2. The van der Waals surface area contributed by atoms with Crippen molar-refractivity contribution >= 4 is 11.6 Å². The Kier molecular flexibility index (Phi) is 4.82. The summed E-state index contributed by atoms with van der Waals surface area (Å²) >= 11 is 6.04. The minimum absolute atomic E-state index is 0.331. The van der Waals surface area contributed by atoms with Crippen LogP contribution in [-0.2, 0) is 0 Å². The van der Waals surface area contributed by atoms with E-state index in [1.165, 1.54) is 0 Å². The number of benzene rings is 1. The molecule has 2 nitrogen and oxygen atoms in total. The normalized spacial score (nSPS) is 16.7. The number of halogens is 1. The van der Waals surface area contributed by atoms with Gasteiger partial charge in [-0.05, 0) is 12.0 Å². The lowest BCUT2D eigenvalue weighted by Crippen LogP contribution is -2.29. The summed E-state index contributed by atoms with van der Waals surface area (Å²) in [5.74, 6) is 0. The Balaban J connectivity index is 2.68. The van der Waals surface area contributed by atoms with Crippen LogP contribution < -0.4 is 0 Å². The highest BCUT2D eigenvalue weighted by Crippen LogP contribution is 2.26. The maximum atomic E-state index is 9.74. The van der Waals surface area contributed by atoms with Crippen molar-refractivity contribution in [3.63, 3.8) is 0 Å². The summed E-state index contributed by atoms with van der Waals surface area (Å²) in [5, 5.41) is 18.7. The number of alkyl halides is 1. The van der Waals surface area contributed by atoms with Crippen LogP contribution in [0.1, 0.15) is 17.4 Å². The van der Waals surface area contributed by atoms with Gasteiger partial charge in [-0.15, -0.1) is 18.2 Å². The molecule has 0 saturated heterocycles. The second-order valence-electron chi connectivity index (χ2n) is 3.39. The minimum Gasteiger partial charge on any atom is -0.390 e. The van der Waals surface area contributed by atoms with Crippen molar-refractivity contribution < 1.29 is 10.2 Å². The first kappa shape index (κ1) is 12.2. The van der Waals surface area contributed by atoms with E-state index in [1.54, 1.807) is 6.08 Å². The minimum atomic E-state index is -0.980. The van der Waals surface area contributed by atoms with Gasteiger partial charge >= 0.3 is 0 Å². The van der Waals surface area contributed by atoms with Gasteiger partial charge in [-0.3, -0.25) is 0 Å². The van der Waals surface area contributed by atoms with E-state index in [4.69, 9.17) is 11.6 Å². The summed E-state index contributed by atoms with van der Waals surface area (Å²) in [6.07, 6.45) is 0.0389. The van der Waals surface area contributed by atoms with Gasteiger partial charge in [0, 0.05) is 0 Å². The summed E-state index contributed by atoms with van der Waals surface area (Å²) in [6, 6.07) is 9.21. The molecule has 0 aromatic heterocycles. The Labute approximate surface area is 94.8 Å². The van der Waals surface area contributed by atoms with Crippen LogP contribution in [-0.4, -0.2) is 22.4 Å². The monoisotopic (exact) mass is 226 g/mol. The van der Waals surface area contributed by atoms with Crippen LogP contribution in [0.25, 0.3) is 0 Å². The largest absolute Gasteiger partial charge is 0.390 e. The highest BCUT2D eigenvalue weighted by molar-refractivity contribution is 6.21. The van der Waals surface area contributed by atoms with Gasteiger partial charge in [0.05, 0.1) is 11.5 Å². The SMILES string of the molecule is C=CC[C@@H](O)[C@@H](O)[C@@H](Cl)c1ccccc1. The van der Waals surface area contributed by atoms with Gasteiger partial charge in [-0.1, -0.05) is 36.4 Å². The molecule has 2 N–H and O–H groups in total. The van der Waals surface area contributed by atoms with Gasteiger partial charge in [-0.25, -0.2) is 0 Å². The Bertz CT molecular complexity index is 300. The molecule has 0 aliphatic carbocycles. The number of rotatable bonds is 5. The molecule has 0 aliphatic heterocycles. The van der Waals surface area contributed by atoms with Crippen molar-refractivity contribution in [3.8, 4) is 0 Å². The molecule has 0 unspecified atom stereocenters. The summed E-state index contributed by atoms with van der Waals surface area (Å²) < 4.78 is 0. The van der Waals surface area contributed by atoms with Crippen LogP contribution in [0.3, 0.4) is 0 Å². The van der Waals surface area contributed by atoms with Crippen molar-refractivity contribution in [1.82, 2.24) is 0 Å². The van der Waals surface area contributed by atoms with Crippen molar-refractivity contribution in [2.75, 3.05) is 0 Å². The van der Waals surface area contributed by atoms with Crippen LogP contribution in [0.5, 0.6) is 0 Å². The maximum absolute atomic E-state index is 9.74. The Hall–Kier alpha value is -0.830. The van der Waals surface area contributed by atoms with E-state index in [2.05, 4.69) is 6.58 Å². The second-order valence-corrected chi connectivity index (χ2v) is 3.86. The molecule has 1 rings (SSSR count). The smallest absolute Gasteiger partial charge is 0.101 e. The number of aliphatic hydroxyl groups is 2. The predicted molar refractivity (Wildman–Crippen MR) is 61.9 cm³/mol. The van der Waals surface area contributed by atoms with E-state index in [0.717, 1.165) is 5.56 Å². The van der Waals surface area contributed by atoms with Gasteiger partial charge in [-0.2, -0.15) is 0 Å².